The first-order chi connectivity index (χ1) is 11.2. The minimum atomic E-state index is -0.788. The molecule has 0 saturated heterocycles. The van der Waals surface area contributed by atoms with Gasteiger partial charge in [-0.05, 0) is 38.0 Å². The predicted molar refractivity (Wildman–Crippen MR) is 88.5 cm³/mol. The van der Waals surface area contributed by atoms with Gasteiger partial charge < -0.3 is 9.94 Å². The molecule has 0 aliphatic rings. The first-order valence-electron chi connectivity index (χ1n) is 7.56. The van der Waals surface area contributed by atoms with E-state index in [0.29, 0.717) is 19.4 Å². The Kier molecular flexibility index (Phi) is 6.29. The number of carboxylic acids is 1. The Bertz CT molecular complexity index is 669. The number of oxime groups is 1. The second kappa shape index (κ2) is 8.68. The van der Waals surface area contributed by atoms with Crippen LogP contribution in [0.25, 0.3) is 0 Å². The van der Waals surface area contributed by atoms with Crippen LogP contribution in [0, 0.1) is 6.92 Å². The van der Waals surface area contributed by atoms with E-state index in [1.54, 1.807) is 12.4 Å². The van der Waals surface area contributed by atoms with E-state index in [4.69, 9.17) is 9.94 Å². The minimum absolute atomic E-state index is 0.153. The lowest BCUT2D eigenvalue weighted by Crippen LogP contribution is -2.06. The quantitative estimate of drug-likeness (QED) is 0.460. The monoisotopic (exact) mass is 312 g/mol. The smallest absolute Gasteiger partial charge is 0.303 e. The molecule has 0 aliphatic heterocycles. The van der Waals surface area contributed by atoms with Gasteiger partial charge in [-0.3, -0.25) is 9.78 Å². The molecule has 0 atom stereocenters. The van der Waals surface area contributed by atoms with Crippen molar-refractivity contribution < 1.29 is 14.7 Å². The number of rotatable bonds is 8. The number of hydrogen-bond donors (Lipinski definition) is 1. The number of unbranched alkanes of at least 4 members (excludes halogenated alkanes) is 1. The maximum absolute atomic E-state index is 10.5. The zero-order valence-corrected chi connectivity index (χ0v) is 13.1. The van der Waals surface area contributed by atoms with Gasteiger partial charge in [-0.25, -0.2) is 0 Å². The minimum Gasteiger partial charge on any atom is -0.481 e. The number of carboxylic acid groups (broad SMARTS) is 1. The molecule has 0 fully saturated rings. The van der Waals surface area contributed by atoms with Gasteiger partial charge in [0.1, 0.15) is 12.3 Å². The molecule has 2 aromatic rings. The van der Waals surface area contributed by atoms with Gasteiger partial charge in [0.15, 0.2) is 0 Å². The lowest BCUT2D eigenvalue weighted by molar-refractivity contribution is -0.137. The maximum atomic E-state index is 10.5. The molecular formula is C18H20N2O3. The van der Waals surface area contributed by atoms with Crippen molar-refractivity contribution in [2.75, 3.05) is 6.61 Å². The van der Waals surface area contributed by atoms with Crippen LogP contribution >= 0.6 is 0 Å². The van der Waals surface area contributed by atoms with Crippen LogP contribution in [0.1, 0.15) is 36.0 Å². The summed E-state index contributed by atoms with van der Waals surface area (Å²) in [5.41, 5.74) is 3.70. The van der Waals surface area contributed by atoms with Gasteiger partial charge in [0.2, 0.25) is 0 Å². The Morgan fingerprint density at radius 3 is 2.74 bits per heavy atom. The second-order valence-corrected chi connectivity index (χ2v) is 5.24. The topological polar surface area (TPSA) is 71.8 Å². The summed E-state index contributed by atoms with van der Waals surface area (Å²) in [5, 5.41) is 12.9. The molecule has 0 bridgehead atoms. The van der Waals surface area contributed by atoms with Crippen molar-refractivity contribution in [1.82, 2.24) is 4.98 Å². The third-order valence-corrected chi connectivity index (χ3v) is 3.26. The lowest BCUT2D eigenvalue weighted by atomic mass is 10.0. The number of carbonyl (C=O) groups is 1. The summed E-state index contributed by atoms with van der Waals surface area (Å²) < 4.78 is 0. The third-order valence-electron chi connectivity index (χ3n) is 3.26. The van der Waals surface area contributed by atoms with E-state index in [1.165, 1.54) is 0 Å². The zero-order chi connectivity index (χ0) is 16.5. The summed E-state index contributed by atoms with van der Waals surface area (Å²) in [4.78, 5) is 20.0. The summed E-state index contributed by atoms with van der Waals surface area (Å²) in [7, 11) is 0. The molecule has 120 valence electrons. The number of aliphatic carboxylic acids is 1. The van der Waals surface area contributed by atoms with Crippen molar-refractivity contribution in [3.63, 3.8) is 0 Å². The van der Waals surface area contributed by atoms with Gasteiger partial charge in [0.05, 0.1) is 0 Å². The SMILES string of the molecule is Cc1cccc(C(=NOCCCCC(=O)O)c2cccnc2)c1. The highest BCUT2D eigenvalue weighted by Gasteiger charge is 2.08. The van der Waals surface area contributed by atoms with Gasteiger partial charge in [0.25, 0.3) is 0 Å². The van der Waals surface area contributed by atoms with Gasteiger partial charge in [0, 0.05) is 29.9 Å². The summed E-state index contributed by atoms with van der Waals surface area (Å²) in [6, 6.07) is 11.8. The van der Waals surface area contributed by atoms with E-state index in [-0.39, 0.29) is 6.42 Å². The molecule has 2 rings (SSSR count). The van der Waals surface area contributed by atoms with Crippen LogP contribution in [0.3, 0.4) is 0 Å². The van der Waals surface area contributed by atoms with Crippen LogP contribution in [0.2, 0.25) is 0 Å². The summed E-state index contributed by atoms with van der Waals surface area (Å²) in [6.45, 7) is 2.42. The highest BCUT2D eigenvalue weighted by Crippen LogP contribution is 2.12. The van der Waals surface area contributed by atoms with Crippen LogP contribution in [0.5, 0.6) is 0 Å². The maximum Gasteiger partial charge on any atom is 0.303 e. The Labute approximate surface area is 135 Å². The third kappa shape index (κ3) is 5.54. The van der Waals surface area contributed by atoms with Crippen molar-refractivity contribution in [1.29, 1.82) is 0 Å². The van der Waals surface area contributed by atoms with E-state index in [2.05, 4.69) is 10.1 Å². The number of benzene rings is 1. The lowest BCUT2D eigenvalue weighted by Gasteiger charge is -2.08. The highest BCUT2D eigenvalue weighted by molar-refractivity contribution is 6.12. The van der Waals surface area contributed by atoms with Crippen molar-refractivity contribution in [3.8, 4) is 0 Å². The molecule has 0 saturated carbocycles. The molecule has 1 aromatic carbocycles. The van der Waals surface area contributed by atoms with E-state index in [9.17, 15) is 4.79 Å². The van der Waals surface area contributed by atoms with Crippen molar-refractivity contribution in [3.05, 3.63) is 65.5 Å². The van der Waals surface area contributed by atoms with Crippen molar-refractivity contribution in [2.45, 2.75) is 26.2 Å². The average Bonchev–Trinajstić information content (AvgIpc) is 2.54. The van der Waals surface area contributed by atoms with Crippen molar-refractivity contribution in [2.24, 2.45) is 5.16 Å². The molecule has 0 radical (unpaired) electrons. The first kappa shape index (κ1) is 16.7. The molecule has 23 heavy (non-hydrogen) atoms. The molecule has 5 nitrogen and oxygen atoms in total. The van der Waals surface area contributed by atoms with Crippen LogP contribution < -0.4 is 0 Å². The fourth-order valence-corrected chi connectivity index (χ4v) is 2.12. The Hall–Kier alpha value is -2.69. The number of nitrogens with zero attached hydrogens (tertiary/aromatic N) is 2. The number of hydrogen-bond acceptors (Lipinski definition) is 4. The van der Waals surface area contributed by atoms with Crippen molar-refractivity contribution >= 4 is 11.7 Å². The van der Waals surface area contributed by atoms with Crippen LogP contribution in [-0.2, 0) is 9.63 Å². The van der Waals surface area contributed by atoms with Crippen LogP contribution in [0.15, 0.2) is 53.9 Å². The van der Waals surface area contributed by atoms with Gasteiger partial charge in [-0.1, -0.05) is 28.9 Å². The second-order valence-electron chi connectivity index (χ2n) is 5.24. The predicted octanol–water partition coefficient (Wildman–Crippen LogP) is 3.41. The molecular weight excluding hydrogens is 292 g/mol. The molecule has 0 unspecified atom stereocenters. The van der Waals surface area contributed by atoms with E-state index >= 15 is 0 Å². The standard InChI is InChI=1S/C18H20N2O3/c1-14-6-4-7-15(12-14)18(16-8-5-10-19-13-16)20-23-11-3-2-9-17(21)22/h4-8,10,12-13H,2-3,9,11H2,1H3,(H,21,22). The molecule has 1 aromatic heterocycles. The Morgan fingerprint density at radius 2 is 2.04 bits per heavy atom. The van der Waals surface area contributed by atoms with Gasteiger partial charge in [-0.15, -0.1) is 0 Å². The largest absolute Gasteiger partial charge is 0.481 e. The molecule has 5 heteroatoms. The highest BCUT2D eigenvalue weighted by atomic mass is 16.6. The van der Waals surface area contributed by atoms with Gasteiger partial charge in [-0.2, -0.15) is 0 Å². The molecule has 1 heterocycles. The molecule has 1 N–H and O–H groups in total. The summed E-state index contributed by atoms with van der Waals surface area (Å²) in [5.74, 6) is -0.788. The Balaban J connectivity index is 2.08. The first-order valence-corrected chi connectivity index (χ1v) is 7.56. The van der Waals surface area contributed by atoms with Gasteiger partial charge >= 0.3 is 5.97 Å². The van der Waals surface area contributed by atoms with Crippen LogP contribution in [0.4, 0.5) is 0 Å². The fraction of sp³-hybridized carbons (Fsp3) is 0.278. The van der Waals surface area contributed by atoms with E-state index < -0.39 is 5.97 Å². The Morgan fingerprint density at radius 1 is 1.22 bits per heavy atom. The molecule has 0 aliphatic carbocycles. The average molecular weight is 312 g/mol. The summed E-state index contributed by atoms with van der Waals surface area (Å²) >= 11 is 0. The fourth-order valence-electron chi connectivity index (χ4n) is 2.12. The summed E-state index contributed by atoms with van der Waals surface area (Å²) in [6.07, 6.45) is 4.85. The van der Waals surface area contributed by atoms with E-state index in [0.717, 1.165) is 22.4 Å². The number of aromatic nitrogens is 1. The zero-order valence-electron chi connectivity index (χ0n) is 13.1. The van der Waals surface area contributed by atoms with E-state index in [1.807, 2.05) is 43.3 Å². The number of aryl methyl sites for hydroxylation is 1. The van der Waals surface area contributed by atoms with Crippen LogP contribution in [-0.4, -0.2) is 28.4 Å². The molecule has 0 spiro atoms. The normalized spacial score (nSPS) is 11.3. The number of pyridine rings is 1. The molecule has 0 amide bonds.